The first-order valence-electron chi connectivity index (χ1n) is 6.52. The predicted molar refractivity (Wildman–Crippen MR) is 84.5 cm³/mol. The lowest BCUT2D eigenvalue weighted by Gasteiger charge is -2.26. The molecule has 0 radical (unpaired) electrons. The molecule has 0 bridgehead atoms. The molecule has 2 aromatic carbocycles. The average molecular weight is 305 g/mol. The molecule has 0 saturated carbocycles. The van der Waals surface area contributed by atoms with Gasteiger partial charge in [-0.05, 0) is 30.7 Å². The number of halogens is 1. The van der Waals surface area contributed by atoms with Crippen molar-refractivity contribution in [3.8, 4) is 5.75 Å². The van der Waals surface area contributed by atoms with Crippen LogP contribution in [0.2, 0.25) is 5.02 Å². The maximum absolute atomic E-state index is 12.5. The van der Waals surface area contributed by atoms with E-state index in [-0.39, 0.29) is 28.9 Å². The van der Waals surface area contributed by atoms with E-state index in [1.54, 1.807) is 31.3 Å². The molecular weight excluding hydrogens is 288 g/mol. The third kappa shape index (κ3) is 2.95. The summed E-state index contributed by atoms with van der Waals surface area (Å²) in [4.78, 5) is 14.0. The molecule has 1 atom stereocenters. The quantitative estimate of drug-likeness (QED) is 0.674. The Morgan fingerprint density at radius 2 is 1.90 bits per heavy atom. The molecule has 2 aromatic rings. The summed E-state index contributed by atoms with van der Waals surface area (Å²) in [6.07, 6.45) is 0. The highest BCUT2D eigenvalue weighted by atomic mass is 35.5. The molecule has 0 aliphatic carbocycles. The van der Waals surface area contributed by atoms with Gasteiger partial charge in [0.25, 0.3) is 5.91 Å². The molecule has 1 amide bonds. The van der Waals surface area contributed by atoms with Crippen LogP contribution in [0.25, 0.3) is 0 Å². The Morgan fingerprint density at radius 3 is 2.57 bits per heavy atom. The second kappa shape index (κ2) is 6.06. The summed E-state index contributed by atoms with van der Waals surface area (Å²) in [7, 11) is 1.67. The van der Waals surface area contributed by atoms with Gasteiger partial charge in [0.2, 0.25) is 0 Å². The fourth-order valence-electron chi connectivity index (χ4n) is 2.12. The fraction of sp³-hybridized carbons (Fsp3) is 0.188. The van der Waals surface area contributed by atoms with Gasteiger partial charge >= 0.3 is 0 Å². The van der Waals surface area contributed by atoms with Gasteiger partial charge in [0, 0.05) is 12.1 Å². The van der Waals surface area contributed by atoms with E-state index in [1.807, 2.05) is 25.1 Å². The minimum Gasteiger partial charge on any atom is -0.505 e. The van der Waals surface area contributed by atoms with Crippen molar-refractivity contribution in [2.75, 3.05) is 12.8 Å². The third-order valence-corrected chi connectivity index (χ3v) is 3.90. The number of aromatic hydroxyl groups is 1. The molecule has 0 fully saturated rings. The van der Waals surface area contributed by atoms with Crippen molar-refractivity contribution >= 4 is 23.2 Å². The van der Waals surface area contributed by atoms with Crippen molar-refractivity contribution < 1.29 is 9.90 Å². The standard InChI is InChI=1S/C16H17ClN2O2/c1-10(11-6-3-4-8-13(11)17)19(2)16(21)12-7-5-9-14(18)15(12)20/h3-10,20H,18H2,1-2H3. The average Bonchev–Trinajstić information content (AvgIpc) is 2.48. The molecule has 0 aliphatic heterocycles. The number of amides is 1. The SMILES string of the molecule is CC(c1ccccc1Cl)N(C)C(=O)c1cccc(N)c1O. The van der Waals surface area contributed by atoms with Crippen molar-refractivity contribution in [2.45, 2.75) is 13.0 Å². The van der Waals surface area contributed by atoms with Gasteiger partial charge in [-0.1, -0.05) is 35.9 Å². The van der Waals surface area contributed by atoms with E-state index < -0.39 is 0 Å². The Bertz CT molecular complexity index is 673. The van der Waals surface area contributed by atoms with Gasteiger partial charge in [-0.15, -0.1) is 0 Å². The van der Waals surface area contributed by atoms with Crippen LogP contribution in [0.5, 0.6) is 5.75 Å². The number of nitrogen functional groups attached to an aromatic ring is 1. The number of phenolic OH excluding ortho intramolecular Hbond substituents is 1. The molecule has 0 heterocycles. The minimum atomic E-state index is -0.313. The number of carbonyl (C=O) groups excluding carboxylic acids is 1. The molecule has 110 valence electrons. The third-order valence-electron chi connectivity index (χ3n) is 3.55. The largest absolute Gasteiger partial charge is 0.505 e. The summed E-state index contributed by atoms with van der Waals surface area (Å²) in [5, 5.41) is 10.5. The van der Waals surface area contributed by atoms with Crippen molar-refractivity contribution in [3.63, 3.8) is 0 Å². The molecule has 2 rings (SSSR count). The number of nitrogens with zero attached hydrogens (tertiary/aromatic N) is 1. The highest BCUT2D eigenvalue weighted by molar-refractivity contribution is 6.31. The number of hydrogen-bond acceptors (Lipinski definition) is 3. The topological polar surface area (TPSA) is 66.6 Å². The van der Waals surface area contributed by atoms with Crippen LogP contribution in [0.15, 0.2) is 42.5 Å². The second-order valence-electron chi connectivity index (χ2n) is 4.86. The van der Waals surface area contributed by atoms with E-state index >= 15 is 0 Å². The zero-order valence-electron chi connectivity index (χ0n) is 11.9. The monoisotopic (exact) mass is 304 g/mol. The van der Waals surface area contributed by atoms with Gasteiger partial charge in [0.1, 0.15) is 0 Å². The van der Waals surface area contributed by atoms with Crippen LogP contribution in [0.1, 0.15) is 28.9 Å². The van der Waals surface area contributed by atoms with Crippen molar-refractivity contribution in [2.24, 2.45) is 0 Å². The summed E-state index contributed by atoms with van der Waals surface area (Å²) in [6, 6.07) is 11.9. The Hall–Kier alpha value is -2.20. The smallest absolute Gasteiger partial charge is 0.257 e. The number of benzene rings is 2. The number of carbonyl (C=O) groups is 1. The zero-order valence-corrected chi connectivity index (χ0v) is 12.6. The molecule has 0 aromatic heterocycles. The minimum absolute atomic E-state index is 0.177. The number of hydrogen-bond donors (Lipinski definition) is 2. The Kier molecular flexibility index (Phi) is 4.38. The summed E-state index contributed by atoms with van der Waals surface area (Å²) in [6.45, 7) is 1.88. The number of phenols is 1. The van der Waals surface area contributed by atoms with Crippen LogP contribution in [0, 0.1) is 0 Å². The summed E-state index contributed by atoms with van der Waals surface area (Å²) in [5.74, 6) is -0.507. The van der Waals surface area contributed by atoms with Crippen LogP contribution >= 0.6 is 11.6 Å². The van der Waals surface area contributed by atoms with Crippen LogP contribution in [-0.2, 0) is 0 Å². The van der Waals surface area contributed by atoms with Crippen molar-refractivity contribution in [1.29, 1.82) is 0 Å². The van der Waals surface area contributed by atoms with Gasteiger partial charge in [-0.3, -0.25) is 4.79 Å². The van der Waals surface area contributed by atoms with E-state index in [0.29, 0.717) is 5.02 Å². The maximum Gasteiger partial charge on any atom is 0.257 e. The van der Waals surface area contributed by atoms with Crippen molar-refractivity contribution in [1.82, 2.24) is 4.90 Å². The highest BCUT2D eigenvalue weighted by Crippen LogP contribution is 2.30. The van der Waals surface area contributed by atoms with Gasteiger partial charge in [-0.25, -0.2) is 0 Å². The molecule has 1 unspecified atom stereocenters. The van der Waals surface area contributed by atoms with Gasteiger partial charge in [0.15, 0.2) is 5.75 Å². The van der Waals surface area contributed by atoms with Crippen LogP contribution in [-0.4, -0.2) is 23.0 Å². The molecule has 4 nitrogen and oxygen atoms in total. The van der Waals surface area contributed by atoms with Crippen LogP contribution in [0.3, 0.4) is 0 Å². The van der Waals surface area contributed by atoms with Gasteiger partial charge in [-0.2, -0.15) is 0 Å². The second-order valence-corrected chi connectivity index (χ2v) is 5.26. The summed E-state index contributed by atoms with van der Waals surface area (Å²) in [5.41, 5.74) is 6.83. The van der Waals surface area contributed by atoms with E-state index in [4.69, 9.17) is 17.3 Å². The number of rotatable bonds is 3. The molecule has 21 heavy (non-hydrogen) atoms. The lowest BCUT2D eigenvalue weighted by Crippen LogP contribution is -2.30. The number of nitrogens with two attached hydrogens (primary N) is 1. The molecule has 5 heteroatoms. The molecule has 0 spiro atoms. The first-order valence-corrected chi connectivity index (χ1v) is 6.90. The molecular formula is C16H17ClN2O2. The predicted octanol–water partition coefficient (Wildman–Crippen LogP) is 3.46. The number of anilines is 1. The van der Waals surface area contributed by atoms with Crippen molar-refractivity contribution in [3.05, 3.63) is 58.6 Å². The van der Waals surface area contributed by atoms with E-state index in [2.05, 4.69) is 0 Å². The first-order chi connectivity index (χ1) is 9.93. The summed E-state index contributed by atoms with van der Waals surface area (Å²) >= 11 is 6.16. The maximum atomic E-state index is 12.5. The lowest BCUT2D eigenvalue weighted by atomic mass is 10.1. The lowest BCUT2D eigenvalue weighted by molar-refractivity contribution is 0.0740. The Morgan fingerprint density at radius 1 is 1.24 bits per heavy atom. The van der Waals surface area contributed by atoms with E-state index in [0.717, 1.165) is 5.56 Å². The normalized spacial score (nSPS) is 12.0. The number of para-hydroxylation sites is 1. The first kappa shape index (κ1) is 15.2. The molecule has 0 saturated heterocycles. The van der Waals surface area contributed by atoms with E-state index in [9.17, 15) is 9.90 Å². The summed E-state index contributed by atoms with van der Waals surface area (Å²) < 4.78 is 0. The van der Waals surface area contributed by atoms with E-state index in [1.165, 1.54) is 4.90 Å². The van der Waals surface area contributed by atoms with Crippen LogP contribution < -0.4 is 5.73 Å². The fourth-order valence-corrected chi connectivity index (χ4v) is 2.42. The molecule has 0 aliphatic rings. The highest BCUT2D eigenvalue weighted by Gasteiger charge is 2.23. The Labute approximate surface area is 128 Å². The van der Waals surface area contributed by atoms with Crippen LogP contribution in [0.4, 0.5) is 5.69 Å². The van der Waals surface area contributed by atoms with Gasteiger partial charge < -0.3 is 15.7 Å². The molecule has 3 N–H and O–H groups in total. The van der Waals surface area contributed by atoms with Gasteiger partial charge in [0.05, 0.1) is 17.3 Å². The Balaban J connectivity index is 2.31. The zero-order chi connectivity index (χ0) is 15.6.